The first-order valence-electron chi connectivity index (χ1n) is 9.98. The molecule has 1 aromatic heterocycles. The second-order valence-corrected chi connectivity index (χ2v) is 9.03. The maximum atomic E-state index is 13.9. The van der Waals surface area contributed by atoms with E-state index in [2.05, 4.69) is 15.0 Å². The number of rotatable bonds is 9. The van der Waals surface area contributed by atoms with Gasteiger partial charge >= 0.3 is 0 Å². The van der Waals surface area contributed by atoms with Crippen LogP contribution in [0.5, 0.6) is 0 Å². The SMILES string of the molecule is CCCS(=O)(=O)Nc1cccc(NC(=O)CCc2ncc(-c3ccc(F)cc3F)o2)c1C. The van der Waals surface area contributed by atoms with Gasteiger partial charge in [0.1, 0.15) is 11.6 Å². The standard InChI is InChI=1S/C22H23F2N3O4S/c1-3-11-32(29,30)27-19-6-4-5-18(14(19)2)26-21(28)9-10-22-25-13-20(31-22)16-8-7-15(23)12-17(16)24/h4-8,12-13,27H,3,9-11H2,1-2H3,(H,26,28). The van der Waals surface area contributed by atoms with Crippen molar-refractivity contribution in [2.45, 2.75) is 33.1 Å². The molecule has 3 aromatic rings. The summed E-state index contributed by atoms with van der Waals surface area (Å²) >= 11 is 0. The zero-order valence-electron chi connectivity index (χ0n) is 17.6. The molecule has 32 heavy (non-hydrogen) atoms. The van der Waals surface area contributed by atoms with E-state index in [-0.39, 0.29) is 41.7 Å². The highest BCUT2D eigenvalue weighted by Crippen LogP contribution is 2.26. The highest BCUT2D eigenvalue weighted by atomic mass is 32.2. The third-order valence-corrected chi connectivity index (χ3v) is 6.14. The van der Waals surface area contributed by atoms with Gasteiger partial charge < -0.3 is 9.73 Å². The van der Waals surface area contributed by atoms with Gasteiger partial charge in [0.25, 0.3) is 0 Å². The highest BCUT2D eigenvalue weighted by Gasteiger charge is 2.15. The smallest absolute Gasteiger partial charge is 0.232 e. The van der Waals surface area contributed by atoms with Gasteiger partial charge in [-0.3, -0.25) is 9.52 Å². The molecule has 2 aromatic carbocycles. The molecule has 1 heterocycles. The largest absolute Gasteiger partial charge is 0.441 e. The molecule has 0 aliphatic heterocycles. The molecule has 1 amide bonds. The van der Waals surface area contributed by atoms with Crippen molar-refractivity contribution in [3.05, 3.63) is 65.7 Å². The molecule has 0 saturated carbocycles. The number of sulfonamides is 1. The summed E-state index contributed by atoms with van der Waals surface area (Å²) < 4.78 is 59.0. The molecule has 0 atom stereocenters. The van der Waals surface area contributed by atoms with Crippen LogP contribution in [0.15, 0.2) is 47.0 Å². The molecule has 7 nitrogen and oxygen atoms in total. The Labute approximate surface area is 184 Å². The van der Waals surface area contributed by atoms with Gasteiger partial charge in [0.05, 0.1) is 23.2 Å². The predicted octanol–water partition coefficient (Wildman–Crippen LogP) is 4.65. The van der Waals surface area contributed by atoms with Crippen LogP contribution < -0.4 is 10.0 Å². The van der Waals surface area contributed by atoms with Gasteiger partial charge in [0.2, 0.25) is 15.9 Å². The molecular weight excluding hydrogens is 440 g/mol. The summed E-state index contributed by atoms with van der Waals surface area (Å²) in [5.74, 6) is -1.41. The molecule has 0 radical (unpaired) electrons. The second-order valence-electron chi connectivity index (χ2n) is 7.19. The lowest BCUT2D eigenvalue weighted by molar-refractivity contribution is -0.116. The van der Waals surface area contributed by atoms with Crippen LogP contribution in [-0.2, 0) is 21.2 Å². The third kappa shape index (κ3) is 5.91. The fourth-order valence-corrected chi connectivity index (χ4v) is 4.24. The van der Waals surface area contributed by atoms with Crippen LogP contribution in [0.1, 0.15) is 31.2 Å². The van der Waals surface area contributed by atoms with E-state index < -0.39 is 21.7 Å². The molecule has 0 aliphatic rings. The molecule has 10 heteroatoms. The molecule has 0 fully saturated rings. The molecular formula is C22H23F2N3O4S. The Morgan fingerprint density at radius 1 is 1.16 bits per heavy atom. The van der Waals surface area contributed by atoms with Gasteiger partial charge in [-0.05, 0) is 43.2 Å². The normalized spacial score (nSPS) is 11.4. The summed E-state index contributed by atoms with van der Waals surface area (Å²) in [6, 6.07) is 8.07. The Balaban J connectivity index is 1.62. The number of anilines is 2. The molecule has 0 saturated heterocycles. The minimum atomic E-state index is -3.46. The van der Waals surface area contributed by atoms with Crippen LogP contribution >= 0.6 is 0 Å². The van der Waals surface area contributed by atoms with Gasteiger partial charge in [0.15, 0.2) is 11.7 Å². The number of hydrogen-bond acceptors (Lipinski definition) is 5. The maximum absolute atomic E-state index is 13.9. The Morgan fingerprint density at radius 2 is 1.91 bits per heavy atom. The van der Waals surface area contributed by atoms with Crippen molar-refractivity contribution in [2.75, 3.05) is 15.8 Å². The van der Waals surface area contributed by atoms with E-state index in [1.165, 1.54) is 12.3 Å². The van der Waals surface area contributed by atoms with Crippen molar-refractivity contribution >= 4 is 27.3 Å². The Kier molecular flexibility index (Phi) is 7.24. The van der Waals surface area contributed by atoms with Crippen LogP contribution in [0.4, 0.5) is 20.2 Å². The predicted molar refractivity (Wildman–Crippen MR) is 118 cm³/mol. The number of benzene rings is 2. The summed E-state index contributed by atoms with van der Waals surface area (Å²) in [5.41, 5.74) is 1.54. The number of carbonyl (C=O) groups excluding carboxylic acids is 1. The lowest BCUT2D eigenvalue weighted by Crippen LogP contribution is -2.18. The van der Waals surface area contributed by atoms with Crippen molar-refractivity contribution in [1.82, 2.24) is 4.98 Å². The number of carbonyl (C=O) groups is 1. The van der Waals surface area contributed by atoms with Crippen LogP contribution in [0.25, 0.3) is 11.3 Å². The zero-order chi connectivity index (χ0) is 23.3. The van der Waals surface area contributed by atoms with Crippen LogP contribution in [0, 0.1) is 18.6 Å². The van der Waals surface area contributed by atoms with Crippen molar-refractivity contribution in [3.8, 4) is 11.3 Å². The molecule has 170 valence electrons. The molecule has 2 N–H and O–H groups in total. The summed E-state index contributed by atoms with van der Waals surface area (Å²) in [6.45, 7) is 3.48. The third-order valence-electron chi connectivity index (χ3n) is 4.66. The fourth-order valence-electron chi connectivity index (χ4n) is 3.04. The van der Waals surface area contributed by atoms with Crippen LogP contribution in [0.3, 0.4) is 0 Å². The number of amides is 1. The lowest BCUT2D eigenvalue weighted by atomic mass is 10.1. The number of halogens is 2. The number of aromatic nitrogens is 1. The molecule has 0 spiro atoms. The first kappa shape index (κ1) is 23.4. The van der Waals surface area contributed by atoms with Gasteiger partial charge in [-0.2, -0.15) is 0 Å². The van der Waals surface area contributed by atoms with E-state index in [0.29, 0.717) is 23.4 Å². The zero-order valence-corrected chi connectivity index (χ0v) is 18.4. The number of aryl methyl sites for hydroxylation is 1. The average molecular weight is 464 g/mol. The minimum absolute atomic E-state index is 0.00296. The van der Waals surface area contributed by atoms with Gasteiger partial charge in [-0.15, -0.1) is 0 Å². The highest BCUT2D eigenvalue weighted by molar-refractivity contribution is 7.92. The van der Waals surface area contributed by atoms with Gasteiger partial charge in [0, 0.05) is 24.6 Å². The quantitative estimate of drug-likeness (QED) is 0.481. The van der Waals surface area contributed by atoms with E-state index >= 15 is 0 Å². The maximum Gasteiger partial charge on any atom is 0.232 e. The summed E-state index contributed by atoms with van der Waals surface area (Å²) in [6.07, 6.45) is 2.01. The fraction of sp³-hybridized carbons (Fsp3) is 0.273. The monoisotopic (exact) mass is 463 g/mol. The molecule has 0 bridgehead atoms. The Morgan fingerprint density at radius 3 is 2.62 bits per heavy atom. The lowest BCUT2D eigenvalue weighted by Gasteiger charge is -2.14. The molecule has 0 unspecified atom stereocenters. The van der Waals surface area contributed by atoms with Crippen molar-refractivity contribution < 1.29 is 26.4 Å². The van der Waals surface area contributed by atoms with E-state index in [9.17, 15) is 22.0 Å². The number of hydrogen-bond donors (Lipinski definition) is 2. The van der Waals surface area contributed by atoms with Crippen molar-refractivity contribution in [3.63, 3.8) is 0 Å². The minimum Gasteiger partial charge on any atom is -0.441 e. The van der Waals surface area contributed by atoms with E-state index in [1.807, 2.05) is 0 Å². The average Bonchev–Trinajstić information content (AvgIpc) is 3.18. The summed E-state index contributed by atoms with van der Waals surface area (Å²) in [4.78, 5) is 16.4. The van der Waals surface area contributed by atoms with Crippen molar-refractivity contribution in [1.29, 1.82) is 0 Å². The Bertz CT molecular complexity index is 1230. The summed E-state index contributed by atoms with van der Waals surface area (Å²) in [5, 5.41) is 2.75. The summed E-state index contributed by atoms with van der Waals surface area (Å²) in [7, 11) is -3.46. The van der Waals surface area contributed by atoms with Gasteiger partial charge in [-0.25, -0.2) is 22.2 Å². The number of oxazole rings is 1. The van der Waals surface area contributed by atoms with Crippen LogP contribution in [-0.4, -0.2) is 25.1 Å². The van der Waals surface area contributed by atoms with E-state index in [1.54, 1.807) is 32.0 Å². The number of nitrogens with one attached hydrogen (secondary N) is 2. The van der Waals surface area contributed by atoms with Crippen molar-refractivity contribution in [2.24, 2.45) is 0 Å². The first-order valence-corrected chi connectivity index (χ1v) is 11.6. The molecule has 3 rings (SSSR count). The topological polar surface area (TPSA) is 101 Å². The second kappa shape index (κ2) is 9.90. The Hall–Kier alpha value is -3.27. The van der Waals surface area contributed by atoms with E-state index in [4.69, 9.17) is 4.42 Å². The van der Waals surface area contributed by atoms with Gasteiger partial charge in [-0.1, -0.05) is 13.0 Å². The van der Waals surface area contributed by atoms with Crippen LogP contribution in [0.2, 0.25) is 0 Å². The molecule has 0 aliphatic carbocycles. The van der Waals surface area contributed by atoms with E-state index in [0.717, 1.165) is 12.1 Å². The number of nitrogens with zero attached hydrogens (tertiary/aromatic N) is 1. The first-order chi connectivity index (χ1) is 15.2.